The Bertz CT molecular complexity index is 1030. The summed E-state index contributed by atoms with van der Waals surface area (Å²) < 4.78 is 10.7. The van der Waals surface area contributed by atoms with Gasteiger partial charge >= 0.3 is 6.03 Å². The lowest BCUT2D eigenvalue weighted by Crippen LogP contribution is -2.47. The number of ether oxygens (including phenoxy) is 1. The van der Waals surface area contributed by atoms with Crippen molar-refractivity contribution in [2.75, 3.05) is 6.61 Å². The van der Waals surface area contributed by atoms with Crippen LogP contribution in [0.3, 0.4) is 0 Å². The van der Waals surface area contributed by atoms with Crippen LogP contribution in [0.2, 0.25) is 0 Å². The molecule has 0 bridgehead atoms. The molecule has 1 spiro atoms. The van der Waals surface area contributed by atoms with Crippen LogP contribution in [0.15, 0.2) is 52.7 Å². The molecule has 2 aromatic heterocycles. The van der Waals surface area contributed by atoms with E-state index in [0.717, 1.165) is 10.6 Å². The van der Waals surface area contributed by atoms with Crippen LogP contribution in [-0.4, -0.2) is 28.4 Å². The third-order valence-electron chi connectivity index (χ3n) is 4.90. The van der Waals surface area contributed by atoms with Crippen molar-refractivity contribution in [2.24, 2.45) is 0 Å². The van der Waals surface area contributed by atoms with Gasteiger partial charge in [0.2, 0.25) is 0 Å². The van der Waals surface area contributed by atoms with Crippen LogP contribution in [0.1, 0.15) is 17.7 Å². The fourth-order valence-electron chi connectivity index (χ4n) is 3.58. The Morgan fingerprint density at radius 1 is 1.26 bits per heavy atom. The van der Waals surface area contributed by atoms with Gasteiger partial charge in [-0.2, -0.15) is 0 Å². The molecule has 2 aliphatic rings. The zero-order chi connectivity index (χ0) is 18.4. The number of thiazole rings is 1. The van der Waals surface area contributed by atoms with Gasteiger partial charge in [0.25, 0.3) is 5.91 Å². The van der Waals surface area contributed by atoms with E-state index in [1.807, 2.05) is 35.7 Å². The lowest BCUT2D eigenvalue weighted by molar-refractivity contribution is -0.133. The molecule has 0 radical (unpaired) electrons. The van der Waals surface area contributed by atoms with E-state index in [0.29, 0.717) is 30.0 Å². The van der Waals surface area contributed by atoms with Crippen LogP contribution in [-0.2, 0) is 16.9 Å². The van der Waals surface area contributed by atoms with Crippen molar-refractivity contribution in [1.82, 2.24) is 15.2 Å². The van der Waals surface area contributed by atoms with E-state index >= 15 is 0 Å². The standard InChI is InChI=1S/C19H15N3O4S/c23-17-19(6-8-26-15-4-2-1-3-14(15)19)21-18(24)22(17)9-13-11-27-16(20-13)12-5-7-25-10-12/h1-5,7,10-11H,6,8-9H2,(H,21,24). The molecule has 1 unspecified atom stereocenters. The van der Waals surface area contributed by atoms with Crippen molar-refractivity contribution in [3.05, 3.63) is 59.5 Å². The second kappa shape index (κ2) is 5.95. The van der Waals surface area contributed by atoms with Gasteiger partial charge in [-0.3, -0.25) is 9.69 Å². The van der Waals surface area contributed by atoms with E-state index in [4.69, 9.17) is 9.15 Å². The molecule has 136 valence electrons. The van der Waals surface area contributed by atoms with Crippen molar-refractivity contribution in [1.29, 1.82) is 0 Å². The van der Waals surface area contributed by atoms with Gasteiger partial charge < -0.3 is 14.5 Å². The number of hydrogen-bond donors (Lipinski definition) is 1. The average molecular weight is 381 g/mol. The topological polar surface area (TPSA) is 84.7 Å². The lowest BCUT2D eigenvalue weighted by Gasteiger charge is -2.33. The van der Waals surface area contributed by atoms with E-state index in [2.05, 4.69) is 10.3 Å². The number of rotatable bonds is 3. The molecule has 0 aliphatic carbocycles. The molecule has 1 N–H and O–H groups in total. The normalized spacial score (nSPS) is 21.3. The maximum atomic E-state index is 13.2. The number of benzene rings is 1. The van der Waals surface area contributed by atoms with E-state index in [1.54, 1.807) is 12.5 Å². The summed E-state index contributed by atoms with van der Waals surface area (Å²) in [4.78, 5) is 31.6. The number of furan rings is 1. The fourth-order valence-corrected chi connectivity index (χ4v) is 4.37. The highest BCUT2D eigenvalue weighted by Crippen LogP contribution is 2.41. The van der Waals surface area contributed by atoms with Crippen LogP contribution in [0.25, 0.3) is 10.6 Å². The first-order chi connectivity index (χ1) is 13.2. The summed E-state index contributed by atoms with van der Waals surface area (Å²) in [5.41, 5.74) is 1.18. The number of urea groups is 1. The summed E-state index contributed by atoms with van der Waals surface area (Å²) in [6.45, 7) is 0.502. The van der Waals surface area contributed by atoms with E-state index in [1.165, 1.54) is 16.2 Å². The van der Waals surface area contributed by atoms with Gasteiger partial charge in [0.05, 0.1) is 25.1 Å². The molecule has 4 heterocycles. The number of nitrogens with one attached hydrogen (secondary N) is 1. The molecule has 27 heavy (non-hydrogen) atoms. The fraction of sp³-hybridized carbons (Fsp3) is 0.211. The van der Waals surface area contributed by atoms with Crippen molar-refractivity contribution in [3.63, 3.8) is 0 Å². The third kappa shape index (κ3) is 2.44. The van der Waals surface area contributed by atoms with Crippen LogP contribution < -0.4 is 10.1 Å². The summed E-state index contributed by atoms with van der Waals surface area (Å²) >= 11 is 1.45. The second-order valence-corrected chi connectivity index (χ2v) is 7.34. The minimum Gasteiger partial charge on any atom is -0.493 e. The van der Waals surface area contributed by atoms with Gasteiger partial charge in [0, 0.05) is 22.9 Å². The quantitative estimate of drug-likeness (QED) is 0.705. The van der Waals surface area contributed by atoms with Gasteiger partial charge in [-0.25, -0.2) is 9.78 Å². The average Bonchev–Trinajstić information content (AvgIpc) is 3.40. The monoisotopic (exact) mass is 381 g/mol. The molecule has 7 nitrogen and oxygen atoms in total. The number of nitrogens with zero attached hydrogens (tertiary/aromatic N) is 2. The number of para-hydroxylation sites is 1. The Labute approximate surface area is 158 Å². The highest BCUT2D eigenvalue weighted by atomic mass is 32.1. The molecule has 1 fully saturated rings. The van der Waals surface area contributed by atoms with Crippen LogP contribution in [0.5, 0.6) is 5.75 Å². The molecule has 0 saturated carbocycles. The first kappa shape index (κ1) is 16.1. The molecular formula is C19H15N3O4S. The van der Waals surface area contributed by atoms with Crippen molar-refractivity contribution >= 4 is 23.3 Å². The summed E-state index contributed by atoms with van der Waals surface area (Å²) in [7, 11) is 0. The Balaban J connectivity index is 1.44. The number of amides is 3. The van der Waals surface area contributed by atoms with E-state index in [-0.39, 0.29) is 12.5 Å². The van der Waals surface area contributed by atoms with Crippen molar-refractivity contribution in [3.8, 4) is 16.3 Å². The van der Waals surface area contributed by atoms with E-state index < -0.39 is 11.6 Å². The molecular weight excluding hydrogens is 366 g/mol. The van der Waals surface area contributed by atoms with E-state index in [9.17, 15) is 9.59 Å². The SMILES string of the molecule is O=C1NC2(CCOc3ccccc32)C(=O)N1Cc1csc(-c2ccoc2)n1. The van der Waals surface area contributed by atoms with Gasteiger partial charge in [-0.15, -0.1) is 11.3 Å². The number of aromatic nitrogens is 1. The second-order valence-electron chi connectivity index (χ2n) is 6.48. The highest BCUT2D eigenvalue weighted by Gasteiger charge is 2.54. The number of carbonyl (C=O) groups excluding carboxylic acids is 2. The summed E-state index contributed by atoms with van der Waals surface area (Å²) in [6.07, 6.45) is 3.60. The van der Waals surface area contributed by atoms with Crippen molar-refractivity contribution in [2.45, 2.75) is 18.5 Å². The first-order valence-electron chi connectivity index (χ1n) is 8.51. The van der Waals surface area contributed by atoms with Gasteiger partial charge in [-0.05, 0) is 12.1 Å². The number of imide groups is 1. The van der Waals surface area contributed by atoms with Crippen molar-refractivity contribution < 1.29 is 18.7 Å². The molecule has 1 aromatic carbocycles. The molecule has 1 saturated heterocycles. The smallest absolute Gasteiger partial charge is 0.325 e. The zero-order valence-electron chi connectivity index (χ0n) is 14.2. The Morgan fingerprint density at radius 3 is 3.00 bits per heavy atom. The number of carbonyl (C=O) groups is 2. The van der Waals surface area contributed by atoms with Crippen LogP contribution in [0, 0.1) is 0 Å². The highest BCUT2D eigenvalue weighted by molar-refractivity contribution is 7.13. The molecule has 3 amide bonds. The first-order valence-corrected chi connectivity index (χ1v) is 9.39. The van der Waals surface area contributed by atoms with Gasteiger partial charge in [-0.1, -0.05) is 18.2 Å². The third-order valence-corrected chi connectivity index (χ3v) is 5.84. The minimum atomic E-state index is -1.06. The van der Waals surface area contributed by atoms with Crippen LogP contribution >= 0.6 is 11.3 Å². The predicted molar refractivity (Wildman–Crippen MR) is 97.1 cm³/mol. The minimum absolute atomic E-state index is 0.129. The molecule has 8 heteroatoms. The molecule has 5 rings (SSSR count). The Kier molecular flexibility index (Phi) is 3.54. The zero-order valence-corrected chi connectivity index (χ0v) is 15.0. The molecule has 2 aliphatic heterocycles. The lowest BCUT2D eigenvalue weighted by atomic mass is 9.84. The van der Waals surface area contributed by atoms with Gasteiger partial charge in [0.15, 0.2) is 5.54 Å². The Morgan fingerprint density at radius 2 is 2.15 bits per heavy atom. The largest absolute Gasteiger partial charge is 0.493 e. The number of hydrogen-bond acceptors (Lipinski definition) is 6. The Hall–Kier alpha value is -3.13. The maximum Gasteiger partial charge on any atom is 0.325 e. The summed E-state index contributed by atoms with van der Waals surface area (Å²) in [5.74, 6) is 0.372. The summed E-state index contributed by atoms with van der Waals surface area (Å²) in [6, 6.07) is 8.75. The maximum absolute atomic E-state index is 13.2. The number of fused-ring (bicyclic) bond motifs is 2. The predicted octanol–water partition coefficient (Wildman–Crippen LogP) is 3.13. The molecule has 1 atom stereocenters. The van der Waals surface area contributed by atoms with Crippen LogP contribution in [0.4, 0.5) is 4.79 Å². The summed E-state index contributed by atoms with van der Waals surface area (Å²) in [5, 5.41) is 5.54. The van der Waals surface area contributed by atoms with Gasteiger partial charge in [0.1, 0.15) is 17.0 Å². The molecule has 3 aromatic rings.